The number of halogens is 1. The highest BCUT2D eigenvalue weighted by atomic mass is 127. The van der Waals surface area contributed by atoms with Gasteiger partial charge in [-0.2, -0.15) is 0 Å². The van der Waals surface area contributed by atoms with Crippen molar-refractivity contribution in [3.8, 4) is 0 Å². The average Bonchev–Trinajstić information content (AvgIpc) is 2.93. The van der Waals surface area contributed by atoms with Crippen molar-refractivity contribution in [1.29, 1.82) is 0 Å². The van der Waals surface area contributed by atoms with Crippen molar-refractivity contribution in [2.45, 2.75) is 6.54 Å². The summed E-state index contributed by atoms with van der Waals surface area (Å²) >= 11 is 2.13. The number of hydrogen-bond acceptors (Lipinski definition) is 3. The normalized spacial score (nSPS) is 11.1. The van der Waals surface area contributed by atoms with Gasteiger partial charge in [-0.25, -0.2) is 4.98 Å². The highest BCUT2D eigenvalue weighted by Crippen LogP contribution is 2.24. The molecule has 5 heteroatoms. The van der Waals surface area contributed by atoms with E-state index in [2.05, 4.69) is 71.3 Å². The standard InChI is InChI=1S/C17H13IN4/c18-21-17-20-14-8-1-2-9-15(14)22(17)11-13-6-3-5-12-7-4-10-19-16(12)13/h1-10H,11H2,(H,20,21). The zero-order valence-corrected chi connectivity index (χ0v) is 13.9. The van der Waals surface area contributed by atoms with Crippen LogP contribution in [0.5, 0.6) is 0 Å². The predicted octanol–water partition coefficient (Wildman–Crippen LogP) is 4.39. The molecule has 0 atom stereocenters. The lowest BCUT2D eigenvalue weighted by Gasteiger charge is -2.10. The first-order valence-corrected chi connectivity index (χ1v) is 8.09. The summed E-state index contributed by atoms with van der Waals surface area (Å²) < 4.78 is 5.34. The number of aromatic nitrogens is 3. The smallest absolute Gasteiger partial charge is 0.213 e. The molecule has 0 spiro atoms. The summed E-state index contributed by atoms with van der Waals surface area (Å²) in [6, 6.07) is 18.5. The monoisotopic (exact) mass is 400 g/mol. The minimum atomic E-state index is 0.736. The fourth-order valence-electron chi connectivity index (χ4n) is 2.77. The molecule has 2 aromatic heterocycles. The van der Waals surface area contributed by atoms with Crippen molar-refractivity contribution in [1.82, 2.24) is 14.5 Å². The van der Waals surface area contributed by atoms with Crippen LogP contribution in [-0.2, 0) is 6.54 Å². The molecule has 0 unspecified atom stereocenters. The van der Waals surface area contributed by atoms with E-state index in [-0.39, 0.29) is 0 Å². The van der Waals surface area contributed by atoms with Gasteiger partial charge in [-0.05, 0) is 23.8 Å². The maximum absolute atomic E-state index is 4.63. The largest absolute Gasteiger partial charge is 0.305 e. The quantitative estimate of drug-likeness (QED) is 0.410. The molecule has 4 aromatic rings. The molecule has 0 bridgehead atoms. The van der Waals surface area contributed by atoms with Gasteiger partial charge in [0.2, 0.25) is 5.95 Å². The van der Waals surface area contributed by atoms with Crippen molar-refractivity contribution in [3.63, 3.8) is 0 Å². The number of benzene rings is 2. The zero-order valence-electron chi connectivity index (χ0n) is 11.7. The molecule has 1 N–H and O–H groups in total. The first-order chi connectivity index (χ1) is 10.9. The van der Waals surface area contributed by atoms with Crippen molar-refractivity contribution in [2.75, 3.05) is 3.53 Å². The number of nitrogens with zero attached hydrogens (tertiary/aromatic N) is 3. The highest BCUT2D eigenvalue weighted by molar-refractivity contribution is 14.1. The first kappa shape index (κ1) is 13.5. The van der Waals surface area contributed by atoms with Crippen LogP contribution < -0.4 is 3.53 Å². The molecule has 108 valence electrons. The molecular weight excluding hydrogens is 387 g/mol. The van der Waals surface area contributed by atoms with Gasteiger partial charge in [-0.3, -0.25) is 8.51 Å². The summed E-state index contributed by atoms with van der Waals surface area (Å²) in [5.74, 6) is 0.856. The van der Waals surface area contributed by atoms with Crippen LogP contribution in [0.3, 0.4) is 0 Å². The van der Waals surface area contributed by atoms with Crippen LogP contribution in [0.2, 0.25) is 0 Å². The van der Waals surface area contributed by atoms with E-state index in [0.717, 1.165) is 34.4 Å². The lowest BCUT2D eigenvalue weighted by molar-refractivity contribution is 0.844. The van der Waals surface area contributed by atoms with Crippen LogP contribution in [0.15, 0.2) is 60.8 Å². The summed E-state index contributed by atoms with van der Waals surface area (Å²) in [5.41, 5.74) is 4.35. The van der Waals surface area contributed by atoms with Crippen molar-refractivity contribution >= 4 is 50.7 Å². The van der Waals surface area contributed by atoms with E-state index in [1.54, 1.807) is 0 Å². The molecule has 0 amide bonds. The Morgan fingerprint density at radius 3 is 2.77 bits per heavy atom. The van der Waals surface area contributed by atoms with Crippen LogP contribution in [0, 0.1) is 0 Å². The van der Waals surface area contributed by atoms with E-state index in [1.807, 2.05) is 30.5 Å². The van der Waals surface area contributed by atoms with Crippen molar-refractivity contribution in [2.24, 2.45) is 0 Å². The molecule has 0 radical (unpaired) electrons. The maximum Gasteiger partial charge on any atom is 0.213 e. The summed E-state index contributed by atoms with van der Waals surface area (Å²) in [6.07, 6.45) is 1.84. The molecular formula is C17H13IN4. The van der Waals surface area contributed by atoms with Gasteiger partial charge in [0, 0.05) is 11.6 Å². The van der Waals surface area contributed by atoms with Crippen molar-refractivity contribution < 1.29 is 0 Å². The first-order valence-electron chi connectivity index (χ1n) is 7.01. The summed E-state index contributed by atoms with van der Waals surface area (Å²) in [4.78, 5) is 9.17. The molecule has 22 heavy (non-hydrogen) atoms. The van der Waals surface area contributed by atoms with Gasteiger partial charge in [0.25, 0.3) is 0 Å². The molecule has 4 nitrogen and oxygen atoms in total. The SMILES string of the molecule is INc1nc2ccccc2n1Cc1cccc2cccnc12. The number of anilines is 1. The number of nitrogens with one attached hydrogen (secondary N) is 1. The zero-order chi connectivity index (χ0) is 14.9. The average molecular weight is 400 g/mol. The van der Waals surface area contributed by atoms with Gasteiger partial charge >= 0.3 is 0 Å². The van der Waals surface area contributed by atoms with Crippen LogP contribution in [0.25, 0.3) is 21.9 Å². The lowest BCUT2D eigenvalue weighted by Crippen LogP contribution is -2.03. The minimum Gasteiger partial charge on any atom is -0.305 e. The van der Waals surface area contributed by atoms with E-state index in [4.69, 9.17) is 0 Å². The van der Waals surface area contributed by atoms with Crippen molar-refractivity contribution in [3.05, 3.63) is 66.4 Å². The maximum atomic E-state index is 4.63. The molecule has 0 aliphatic rings. The third-order valence-corrected chi connectivity index (χ3v) is 4.27. The Morgan fingerprint density at radius 1 is 1.00 bits per heavy atom. The Labute approximate surface area is 141 Å². The van der Waals surface area contributed by atoms with Crippen LogP contribution >= 0.6 is 22.9 Å². The molecule has 2 heterocycles. The van der Waals surface area contributed by atoms with E-state index < -0.39 is 0 Å². The van der Waals surface area contributed by atoms with Gasteiger partial charge in [-0.1, -0.05) is 36.4 Å². The number of hydrogen-bond donors (Lipinski definition) is 1. The van der Waals surface area contributed by atoms with Crippen LogP contribution in [-0.4, -0.2) is 14.5 Å². The fraction of sp³-hybridized carbons (Fsp3) is 0.0588. The predicted molar refractivity (Wildman–Crippen MR) is 98.2 cm³/mol. The second-order valence-corrected chi connectivity index (χ2v) is 5.64. The van der Waals surface area contributed by atoms with E-state index in [1.165, 1.54) is 5.56 Å². The second-order valence-electron chi connectivity index (χ2n) is 5.10. The minimum absolute atomic E-state index is 0.736. The van der Waals surface area contributed by atoms with Gasteiger partial charge in [0.15, 0.2) is 0 Å². The molecule has 0 saturated heterocycles. The summed E-state index contributed by atoms with van der Waals surface area (Å²) in [7, 11) is 0. The Morgan fingerprint density at radius 2 is 1.86 bits per heavy atom. The Balaban J connectivity index is 1.89. The number of imidazole rings is 1. The topological polar surface area (TPSA) is 42.7 Å². The van der Waals surface area contributed by atoms with E-state index >= 15 is 0 Å². The van der Waals surface area contributed by atoms with Gasteiger partial charge in [0.05, 0.1) is 46.0 Å². The summed E-state index contributed by atoms with van der Waals surface area (Å²) in [5, 5.41) is 1.16. The number of rotatable bonds is 3. The number of fused-ring (bicyclic) bond motifs is 2. The summed E-state index contributed by atoms with van der Waals surface area (Å²) in [6.45, 7) is 0.736. The van der Waals surface area contributed by atoms with Gasteiger partial charge < -0.3 is 4.57 Å². The molecule has 0 aliphatic carbocycles. The van der Waals surface area contributed by atoms with Gasteiger partial charge in [0.1, 0.15) is 0 Å². The third kappa shape index (κ3) is 2.21. The molecule has 0 fully saturated rings. The number of pyridine rings is 1. The molecule has 4 rings (SSSR count). The molecule has 0 saturated carbocycles. The highest BCUT2D eigenvalue weighted by Gasteiger charge is 2.11. The third-order valence-electron chi connectivity index (χ3n) is 3.78. The fourth-order valence-corrected chi connectivity index (χ4v) is 3.18. The van der Waals surface area contributed by atoms with E-state index in [0.29, 0.717) is 0 Å². The molecule has 2 aromatic carbocycles. The molecule has 0 aliphatic heterocycles. The Kier molecular flexibility index (Phi) is 3.42. The Hall–Kier alpha value is -2.15. The lowest BCUT2D eigenvalue weighted by atomic mass is 10.1. The van der Waals surface area contributed by atoms with Gasteiger partial charge in [-0.15, -0.1) is 0 Å². The second kappa shape index (κ2) is 5.57. The van der Waals surface area contributed by atoms with Crippen LogP contribution in [0.4, 0.5) is 5.95 Å². The Bertz CT molecular complexity index is 956. The van der Waals surface area contributed by atoms with E-state index in [9.17, 15) is 0 Å². The van der Waals surface area contributed by atoms with Crippen LogP contribution in [0.1, 0.15) is 5.56 Å². The number of para-hydroxylation sites is 3.